The van der Waals surface area contributed by atoms with Crippen LogP contribution in [0.25, 0.3) is 0 Å². The van der Waals surface area contributed by atoms with Gasteiger partial charge < -0.3 is 10.2 Å². The number of hydrogen-bond acceptors (Lipinski definition) is 2. The van der Waals surface area contributed by atoms with Crippen LogP contribution in [-0.2, 0) is 9.59 Å². The minimum atomic E-state index is -0.395. The van der Waals surface area contributed by atoms with E-state index >= 15 is 0 Å². The van der Waals surface area contributed by atoms with E-state index in [1.807, 2.05) is 6.92 Å². The van der Waals surface area contributed by atoms with E-state index in [0.717, 1.165) is 6.42 Å². The minimum absolute atomic E-state index is 0.0365. The van der Waals surface area contributed by atoms with Gasteiger partial charge in [0.05, 0.1) is 0 Å². The van der Waals surface area contributed by atoms with Crippen molar-refractivity contribution < 1.29 is 9.59 Å². The Bertz CT molecular complexity index is 264. The Morgan fingerprint density at radius 2 is 2.25 bits per heavy atom. The number of fused-ring (bicyclic) bond motifs is 1. The fraction of sp³-hybridized carbons (Fsp3) is 0.750. The molecule has 0 aromatic carbocycles. The Morgan fingerprint density at radius 3 is 2.83 bits per heavy atom. The number of rotatable bonds is 0. The van der Waals surface area contributed by atoms with Gasteiger partial charge in [-0.15, -0.1) is 0 Å². The fourth-order valence-corrected chi connectivity index (χ4v) is 2.12. The molecule has 0 unspecified atom stereocenters. The summed E-state index contributed by atoms with van der Waals surface area (Å²) < 4.78 is 0. The van der Waals surface area contributed by atoms with Crippen molar-refractivity contribution in [2.75, 3.05) is 0 Å². The van der Waals surface area contributed by atoms with Crippen LogP contribution in [-0.4, -0.2) is 28.4 Å². The number of nitrogens with zero attached hydrogens (tertiary/aromatic N) is 1. The van der Waals surface area contributed by atoms with Crippen LogP contribution in [0.15, 0.2) is 0 Å². The van der Waals surface area contributed by atoms with Crippen molar-refractivity contribution in [1.29, 1.82) is 0 Å². The molecule has 2 aliphatic rings. The van der Waals surface area contributed by atoms with Crippen LogP contribution in [0.5, 0.6) is 0 Å². The summed E-state index contributed by atoms with van der Waals surface area (Å²) in [6, 6.07) is -0.287. The van der Waals surface area contributed by atoms with E-state index < -0.39 is 5.66 Å². The molecule has 2 heterocycles. The van der Waals surface area contributed by atoms with Gasteiger partial charge in [0.15, 0.2) is 0 Å². The lowest BCUT2D eigenvalue weighted by atomic mass is 10.1. The van der Waals surface area contributed by atoms with Crippen molar-refractivity contribution >= 4 is 11.8 Å². The summed E-state index contributed by atoms with van der Waals surface area (Å²) in [5, 5.41) is 2.84. The molecule has 0 spiro atoms. The van der Waals surface area contributed by atoms with Crippen molar-refractivity contribution in [3.8, 4) is 0 Å². The van der Waals surface area contributed by atoms with Crippen molar-refractivity contribution in [1.82, 2.24) is 10.2 Å². The van der Waals surface area contributed by atoms with Crippen LogP contribution in [0.1, 0.15) is 26.7 Å². The molecule has 4 heteroatoms. The Hall–Kier alpha value is -1.06. The van der Waals surface area contributed by atoms with Crippen LogP contribution in [0.4, 0.5) is 0 Å². The van der Waals surface area contributed by atoms with Gasteiger partial charge in [0.25, 0.3) is 0 Å². The summed E-state index contributed by atoms with van der Waals surface area (Å²) in [5.74, 6) is 0.0499. The molecule has 1 N–H and O–H groups in total. The molecule has 2 aliphatic heterocycles. The standard InChI is InChI=1S/C8H12N2O2/c1-5-7(12)9-8(2)4-3-6(11)10(5)8/h5H,3-4H2,1-2H3,(H,9,12)/t5-,8+/m0/s1. The molecule has 2 atom stereocenters. The summed E-state index contributed by atoms with van der Waals surface area (Å²) in [6.45, 7) is 3.67. The summed E-state index contributed by atoms with van der Waals surface area (Å²) in [5.41, 5.74) is -0.395. The summed E-state index contributed by atoms with van der Waals surface area (Å²) in [4.78, 5) is 24.2. The highest BCUT2D eigenvalue weighted by Crippen LogP contribution is 2.33. The molecule has 4 nitrogen and oxygen atoms in total. The second-order valence-electron chi connectivity index (χ2n) is 3.70. The first-order valence-corrected chi connectivity index (χ1v) is 4.19. The van der Waals surface area contributed by atoms with E-state index in [9.17, 15) is 9.59 Å². The molecule has 12 heavy (non-hydrogen) atoms. The molecule has 2 fully saturated rings. The van der Waals surface area contributed by atoms with Crippen molar-refractivity contribution in [3.05, 3.63) is 0 Å². The normalized spacial score (nSPS) is 40.2. The lowest BCUT2D eigenvalue weighted by Gasteiger charge is -2.27. The van der Waals surface area contributed by atoms with Gasteiger partial charge >= 0.3 is 0 Å². The maximum absolute atomic E-state index is 11.4. The first-order chi connectivity index (χ1) is 5.54. The highest BCUT2D eigenvalue weighted by Gasteiger charge is 2.52. The summed E-state index contributed by atoms with van der Waals surface area (Å²) in [7, 11) is 0. The average Bonchev–Trinajstić information content (AvgIpc) is 2.36. The first-order valence-electron chi connectivity index (χ1n) is 4.19. The Morgan fingerprint density at radius 1 is 1.58 bits per heavy atom. The van der Waals surface area contributed by atoms with Crippen LogP contribution >= 0.6 is 0 Å². The maximum atomic E-state index is 11.4. The lowest BCUT2D eigenvalue weighted by Crippen LogP contribution is -2.46. The maximum Gasteiger partial charge on any atom is 0.244 e. The number of hydrogen-bond donors (Lipinski definition) is 1. The molecule has 2 rings (SSSR count). The minimum Gasteiger partial charge on any atom is -0.332 e. The molecule has 0 bridgehead atoms. The number of amides is 2. The zero-order valence-corrected chi connectivity index (χ0v) is 7.26. The molecule has 0 aromatic rings. The highest BCUT2D eigenvalue weighted by atomic mass is 16.2. The van der Waals surface area contributed by atoms with Crippen LogP contribution in [0.3, 0.4) is 0 Å². The van der Waals surface area contributed by atoms with Gasteiger partial charge in [0, 0.05) is 6.42 Å². The van der Waals surface area contributed by atoms with E-state index in [-0.39, 0.29) is 17.9 Å². The molecule has 0 aliphatic carbocycles. The summed E-state index contributed by atoms with van der Waals surface area (Å²) in [6.07, 6.45) is 1.29. The van der Waals surface area contributed by atoms with Gasteiger partial charge in [0.2, 0.25) is 11.8 Å². The fourth-order valence-electron chi connectivity index (χ4n) is 2.12. The smallest absolute Gasteiger partial charge is 0.244 e. The quantitative estimate of drug-likeness (QED) is 0.546. The molecular formula is C8H12N2O2. The molecule has 0 radical (unpaired) electrons. The predicted molar refractivity (Wildman–Crippen MR) is 42.1 cm³/mol. The molecular weight excluding hydrogens is 156 g/mol. The number of nitrogens with one attached hydrogen (secondary N) is 1. The van der Waals surface area contributed by atoms with Gasteiger partial charge in [-0.2, -0.15) is 0 Å². The highest BCUT2D eigenvalue weighted by molar-refractivity contribution is 5.93. The van der Waals surface area contributed by atoms with E-state index in [4.69, 9.17) is 0 Å². The van der Waals surface area contributed by atoms with Gasteiger partial charge in [-0.3, -0.25) is 9.59 Å². The van der Waals surface area contributed by atoms with Crippen LogP contribution in [0, 0.1) is 0 Å². The van der Waals surface area contributed by atoms with Crippen LogP contribution in [0.2, 0.25) is 0 Å². The van der Waals surface area contributed by atoms with Crippen molar-refractivity contribution in [3.63, 3.8) is 0 Å². The van der Waals surface area contributed by atoms with Crippen molar-refractivity contribution in [2.45, 2.75) is 38.4 Å². The van der Waals surface area contributed by atoms with Crippen LogP contribution < -0.4 is 5.32 Å². The summed E-state index contributed by atoms with van der Waals surface area (Å²) >= 11 is 0. The Labute approximate surface area is 70.9 Å². The predicted octanol–water partition coefficient (Wildman–Crippen LogP) is -0.157. The average molecular weight is 168 g/mol. The van der Waals surface area contributed by atoms with E-state index in [0.29, 0.717) is 6.42 Å². The van der Waals surface area contributed by atoms with Gasteiger partial charge in [-0.05, 0) is 20.3 Å². The first kappa shape index (κ1) is 7.58. The second kappa shape index (κ2) is 2.00. The SMILES string of the molecule is C[C@H]1C(=O)N[C@@]2(C)CCC(=O)N12. The molecule has 2 amide bonds. The van der Waals surface area contributed by atoms with Gasteiger partial charge in [-0.1, -0.05) is 0 Å². The molecule has 0 aromatic heterocycles. The third-order valence-corrected chi connectivity index (χ3v) is 2.79. The Kier molecular flexibility index (Phi) is 1.26. The third-order valence-electron chi connectivity index (χ3n) is 2.79. The van der Waals surface area contributed by atoms with Crippen molar-refractivity contribution in [2.24, 2.45) is 0 Å². The molecule has 0 saturated carbocycles. The second-order valence-corrected chi connectivity index (χ2v) is 3.70. The Balaban J connectivity index is 2.37. The molecule has 66 valence electrons. The van der Waals surface area contributed by atoms with E-state index in [1.54, 1.807) is 11.8 Å². The largest absolute Gasteiger partial charge is 0.332 e. The monoisotopic (exact) mass is 168 g/mol. The molecule has 2 saturated heterocycles. The van der Waals surface area contributed by atoms with Gasteiger partial charge in [0.1, 0.15) is 11.7 Å². The zero-order valence-electron chi connectivity index (χ0n) is 7.26. The van der Waals surface area contributed by atoms with E-state index in [1.165, 1.54) is 0 Å². The third kappa shape index (κ3) is 0.722. The number of carbonyl (C=O) groups is 2. The lowest BCUT2D eigenvalue weighted by molar-refractivity contribution is -0.133. The number of carbonyl (C=O) groups excluding carboxylic acids is 2. The van der Waals surface area contributed by atoms with E-state index in [2.05, 4.69) is 5.32 Å². The van der Waals surface area contributed by atoms with Gasteiger partial charge in [-0.25, -0.2) is 0 Å². The topological polar surface area (TPSA) is 49.4 Å². The zero-order chi connectivity index (χ0) is 8.93.